The fourth-order valence-electron chi connectivity index (χ4n) is 10.8. The summed E-state index contributed by atoms with van der Waals surface area (Å²) in [4.78, 5) is 136. The van der Waals surface area contributed by atoms with Crippen LogP contribution in [-0.4, -0.2) is 211 Å². The first kappa shape index (κ1) is 81.3. The Kier molecular flexibility index (Phi) is 37.3. The SMILES string of the molecule is C/C=C1/NC(=O)C(NC(=O)[C@H](C)NC(=O)C(C)C(O)CCCCCCCCCCCCCCC(O)CC(O)CC(O)CC(O)CC(O)CCC(O)C[N+](C)(C)C)CC2(CSC=CNC(=O)[C@H](CC(N)=O)NC(=O)[C@H](CC(N)=O)NC2=O)NC(=O)[C@H](C(C)C)NC1=O. The van der Waals surface area contributed by atoms with Gasteiger partial charge in [-0.2, -0.15) is 0 Å². The summed E-state index contributed by atoms with van der Waals surface area (Å²) in [6, 6.07) is -7.93. The molecular weight excluding hydrogens is 1200 g/mol. The second-order valence-corrected chi connectivity index (χ2v) is 27.0. The lowest BCUT2D eigenvalue weighted by Crippen LogP contribution is -2.68. The number of hydrogen-bond donors (Lipinski definition) is 17. The van der Waals surface area contributed by atoms with E-state index in [2.05, 4.69) is 42.5 Å². The molecule has 0 aromatic carbocycles. The van der Waals surface area contributed by atoms with Gasteiger partial charge in [0.1, 0.15) is 54.1 Å². The summed E-state index contributed by atoms with van der Waals surface area (Å²) in [6.07, 6.45) is 7.39. The molecule has 0 aliphatic carbocycles. The third kappa shape index (κ3) is 32.6. The van der Waals surface area contributed by atoms with Gasteiger partial charge in [-0.3, -0.25) is 47.9 Å². The number of carbonyl (C=O) groups excluding carboxylic acids is 10. The first-order chi connectivity index (χ1) is 42.7. The van der Waals surface area contributed by atoms with Crippen LogP contribution < -0.4 is 54.0 Å². The van der Waals surface area contributed by atoms with E-state index in [1.807, 2.05) is 21.1 Å². The van der Waals surface area contributed by atoms with Gasteiger partial charge in [-0.05, 0) is 76.5 Å². The van der Waals surface area contributed by atoms with E-state index in [0.29, 0.717) is 43.1 Å². The molecule has 1 spiro atoms. The lowest BCUT2D eigenvalue weighted by atomic mass is 9.89. The number of nitrogens with two attached hydrogens (primary N) is 2. The summed E-state index contributed by atoms with van der Waals surface area (Å²) < 4.78 is 0.592. The molecule has 2 heterocycles. The summed E-state index contributed by atoms with van der Waals surface area (Å²) in [5.41, 5.74) is 8.18. The second kappa shape index (κ2) is 41.7. The fraction of sp³-hybridized carbons (Fsp3) is 0.774. The second-order valence-electron chi connectivity index (χ2n) is 26.1. The number of amides is 10. The summed E-state index contributed by atoms with van der Waals surface area (Å²) >= 11 is 0.823. The van der Waals surface area contributed by atoms with E-state index in [1.54, 1.807) is 13.8 Å². The van der Waals surface area contributed by atoms with Crippen molar-refractivity contribution in [2.45, 2.75) is 261 Å². The molecule has 10 amide bonds. The molecule has 1 fully saturated rings. The highest BCUT2D eigenvalue weighted by Gasteiger charge is 2.48. The number of quaternary nitrogens is 1. The Morgan fingerprint density at radius 3 is 1.62 bits per heavy atom. The number of allylic oxidation sites excluding steroid dienone is 1. The largest absolute Gasteiger partial charge is 0.393 e. The topological polar surface area (TPSA) is 461 Å². The molecule has 29 heteroatoms. The van der Waals surface area contributed by atoms with Gasteiger partial charge < -0.3 is 94.2 Å². The van der Waals surface area contributed by atoms with Crippen molar-refractivity contribution in [1.29, 1.82) is 0 Å². The number of nitrogens with one attached hydrogen (secondary N) is 8. The van der Waals surface area contributed by atoms with E-state index in [0.717, 1.165) is 88.6 Å². The standard InChI is InChI=1S/C62H109N11O17S/c1-9-46-57(86)71-53(37(2)3)60(89)72-62(36-91-27-26-65-56(85)47(32-51(63)81)68-58(87)48(33-52(64)82)70-61(62)90)34-49(59(88)67-46)69-55(84)39(5)66-54(83)38(4)50(80)23-21-19-17-15-13-11-10-12-14-16-18-20-22-40(74)28-43(77)30-45(79)31-44(78)29-41(75)24-25-42(76)35-73(6,7)8/h9,26-27,37-45,47-50,53,74-80H,10-25,28-36H2,1-8H3,(H11-,63,64,65,66,67,68,69,70,71,72,81,82,83,84,85,86,87,88,89,90)/p+1/b27-26?,46-9+/t38?,39-,40?,41?,42?,43?,44?,45?,47-,48-,49?,50?,53-,62?/m0/s1. The predicted molar refractivity (Wildman–Crippen MR) is 341 cm³/mol. The van der Waals surface area contributed by atoms with Crippen molar-refractivity contribution in [3.63, 3.8) is 0 Å². The first-order valence-electron chi connectivity index (χ1n) is 32.2. The monoisotopic (exact) mass is 1310 g/mol. The van der Waals surface area contributed by atoms with Crippen molar-refractivity contribution in [2.75, 3.05) is 33.4 Å². The van der Waals surface area contributed by atoms with Gasteiger partial charge in [0.2, 0.25) is 53.2 Å². The number of primary amides is 2. The van der Waals surface area contributed by atoms with Gasteiger partial charge in [0.15, 0.2) is 0 Å². The van der Waals surface area contributed by atoms with Gasteiger partial charge in [-0.15, -0.1) is 11.8 Å². The Balaban J connectivity index is 1.92. The quantitative estimate of drug-likeness (QED) is 0.0203. The van der Waals surface area contributed by atoms with Gasteiger partial charge in [0.25, 0.3) is 5.91 Å². The Morgan fingerprint density at radius 2 is 1.11 bits per heavy atom. The normalized spacial score (nSPS) is 23.3. The molecule has 28 nitrogen and oxygen atoms in total. The zero-order valence-corrected chi connectivity index (χ0v) is 55.5. The summed E-state index contributed by atoms with van der Waals surface area (Å²) in [6.45, 7) is 8.01. The van der Waals surface area contributed by atoms with Crippen LogP contribution in [0.2, 0.25) is 0 Å². The first-order valence-corrected chi connectivity index (χ1v) is 33.2. The molecule has 91 heavy (non-hydrogen) atoms. The Morgan fingerprint density at radius 1 is 0.626 bits per heavy atom. The molecule has 520 valence electrons. The minimum absolute atomic E-state index is 0.00622. The Labute approximate surface area is 540 Å². The maximum Gasteiger partial charge on any atom is 0.268 e. The van der Waals surface area contributed by atoms with Crippen LogP contribution in [0, 0.1) is 11.8 Å². The van der Waals surface area contributed by atoms with Crippen LogP contribution in [0.4, 0.5) is 0 Å². The molecule has 1 saturated heterocycles. The van der Waals surface area contributed by atoms with E-state index in [1.165, 1.54) is 32.3 Å². The maximum absolute atomic E-state index is 14.9. The molecule has 0 aromatic heterocycles. The maximum atomic E-state index is 14.9. The van der Waals surface area contributed by atoms with Crippen LogP contribution in [-0.2, 0) is 47.9 Å². The minimum atomic E-state index is -2.31. The van der Waals surface area contributed by atoms with E-state index >= 15 is 0 Å². The van der Waals surface area contributed by atoms with Crippen LogP contribution in [0.1, 0.15) is 182 Å². The number of aliphatic hydroxyl groups excluding tert-OH is 7. The number of unbranched alkanes of at least 4 members (excludes halogenated alkanes) is 11. The molecule has 0 bridgehead atoms. The number of thioether (sulfide) groups is 1. The highest BCUT2D eigenvalue weighted by molar-refractivity contribution is 8.02. The number of hydrogen-bond acceptors (Lipinski definition) is 18. The molecule has 2 aliphatic heterocycles. The van der Waals surface area contributed by atoms with Crippen molar-refractivity contribution < 1.29 is 88.2 Å². The van der Waals surface area contributed by atoms with Crippen LogP contribution >= 0.6 is 11.8 Å². The fourth-order valence-corrected chi connectivity index (χ4v) is 11.7. The van der Waals surface area contributed by atoms with E-state index in [-0.39, 0.29) is 31.4 Å². The third-order valence-electron chi connectivity index (χ3n) is 16.1. The molecule has 10 unspecified atom stereocenters. The number of rotatable bonds is 38. The average Bonchev–Trinajstić information content (AvgIpc) is 1.76. The van der Waals surface area contributed by atoms with Crippen LogP contribution in [0.5, 0.6) is 0 Å². The van der Waals surface area contributed by atoms with Crippen LogP contribution in [0.3, 0.4) is 0 Å². The lowest BCUT2D eigenvalue weighted by molar-refractivity contribution is -0.873. The zero-order valence-electron chi connectivity index (χ0n) is 54.7. The number of carbonyl (C=O) groups is 10. The molecule has 14 atom stereocenters. The van der Waals surface area contributed by atoms with Gasteiger partial charge in [0, 0.05) is 18.4 Å². The van der Waals surface area contributed by atoms with Gasteiger partial charge in [-0.1, -0.05) is 104 Å². The highest BCUT2D eigenvalue weighted by Crippen LogP contribution is 2.26. The average molecular weight is 1310 g/mol. The number of likely N-dealkylation sites (N-methyl/N-ethyl adjacent to an activating group) is 1. The smallest absolute Gasteiger partial charge is 0.268 e. The molecule has 2 rings (SSSR count). The van der Waals surface area contributed by atoms with Gasteiger partial charge in [0.05, 0.1) is 76.5 Å². The summed E-state index contributed by atoms with van der Waals surface area (Å²) in [7, 11) is 5.90. The van der Waals surface area contributed by atoms with Gasteiger partial charge in [-0.25, -0.2) is 0 Å². The molecule has 0 aromatic rings. The third-order valence-corrected chi connectivity index (χ3v) is 17.1. The Hall–Kier alpha value is -5.79. The lowest BCUT2D eigenvalue weighted by Gasteiger charge is -2.38. The van der Waals surface area contributed by atoms with Crippen molar-refractivity contribution in [2.24, 2.45) is 23.3 Å². The van der Waals surface area contributed by atoms with Crippen molar-refractivity contribution in [3.8, 4) is 0 Å². The summed E-state index contributed by atoms with van der Waals surface area (Å²) in [5, 5.41) is 94.3. The zero-order chi connectivity index (χ0) is 68.6. The van der Waals surface area contributed by atoms with Crippen molar-refractivity contribution >= 4 is 70.8 Å². The molecule has 0 radical (unpaired) electrons. The van der Waals surface area contributed by atoms with Gasteiger partial charge >= 0.3 is 0 Å². The number of aliphatic hydroxyl groups is 7. The van der Waals surface area contributed by atoms with Crippen LogP contribution in [0.15, 0.2) is 23.4 Å². The number of nitrogens with zero attached hydrogens (tertiary/aromatic N) is 1. The van der Waals surface area contributed by atoms with Crippen LogP contribution in [0.25, 0.3) is 0 Å². The summed E-state index contributed by atoms with van der Waals surface area (Å²) in [5.74, 6) is -11.9. The molecule has 0 saturated carbocycles. The molecule has 2 aliphatic rings. The molecule has 19 N–H and O–H groups in total. The van der Waals surface area contributed by atoms with Crippen molar-refractivity contribution in [3.05, 3.63) is 23.4 Å². The molecular formula is C62H110N11O17S+. The highest BCUT2D eigenvalue weighted by atomic mass is 32.2. The van der Waals surface area contributed by atoms with E-state index in [4.69, 9.17) is 11.5 Å². The minimum Gasteiger partial charge on any atom is -0.393 e. The van der Waals surface area contributed by atoms with E-state index in [9.17, 15) is 83.7 Å². The Bertz CT molecular complexity index is 2410. The predicted octanol–water partition coefficient (Wildman–Crippen LogP) is -0.879. The van der Waals surface area contributed by atoms with Crippen molar-refractivity contribution in [1.82, 2.24) is 42.5 Å². The van der Waals surface area contributed by atoms with E-state index < -0.39 is 174 Å².